The molecule has 0 fully saturated rings. The molecule has 2 aromatic rings. The first-order valence-corrected chi connectivity index (χ1v) is 7.83. The number of aryl methyl sites for hydroxylation is 2. The Morgan fingerprint density at radius 2 is 1.83 bits per heavy atom. The topological polar surface area (TPSA) is 64.3 Å². The van der Waals surface area contributed by atoms with Crippen LogP contribution in [0, 0.1) is 13.8 Å². The fourth-order valence-electron chi connectivity index (χ4n) is 2.20. The quantitative estimate of drug-likeness (QED) is 0.806. The number of rotatable bonds is 7. The number of hydrogen-bond acceptors (Lipinski definition) is 3. The SMILES string of the molecule is Cc1ccc(OCCC(=O)NCC(N)c2ccccc2)cc1C.Cl. The number of amides is 1. The summed E-state index contributed by atoms with van der Waals surface area (Å²) in [7, 11) is 0. The molecule has 0 bridgehead atoms. The van der Waals surface area contributed by atoms with Crippen molar-refractivity contribution in [3.8, 4) is 5.75 Å². The van der Waals surface area contributed by atoms with Crippen molar-refractivity contribution in [1.29, 1.82) is 0 Å². The lowest BCUT2D eigenvalue weighted by atomic mass is 10.1. The zero-order valence-electron chi connectivity index (χ0n) is 14.1. The van der Waals surface area contributed by atoms with Gasteiger partial charge in [-0.2, -0.15) is 0 Å². The van der Waals surface area contributed by atoms with E-state index in [1.165, 1.54) is 11.1 Å². The summed E-state index contributed by atoms with van der Waals surface area (Å²) in [5.74, 6) is 0.738. The van der Waals surface area contributed by atoms with E-state index in [1.54, 1.807) is 0 Å². The molecule has 0 aromatic heterocycles. The van der Waals surface area contributed by atoms with Crippen LogP contribution in [0.25, 0.3) is 0 Å². The van der Waals surface area contributed by atoms with E-state index >= 15 is 0 Å². The van der Waals surface area contributed by atoms with Crippen LogP contribution in [0.3, 0.4) is 0 Å². The van der Waals surface area contributed by atoms with Gasteiger partial charge in [0.25, 0.3) is 0 Å². The minimum absolute atomic E-state index is 0. The highest BCUT2D eigenvalue weighted by atomic mass is 35.5. The van der Waals surface area contributed by atoms with Crippen LogP contribution in [0.4, 0.5) is 0 Å². The molecule has 1 amide bonds. The Morgan fingerprint density at radius 3 is 2.50 bits per heavy atom. The number of ether oxygens (including phenoxy) is 1. The molecule has 24 heavy (non-hydrogen) atoms. The molecule has 0 saturated heterocycles. The Morgan fingerprint density at radius 1 is 1.12 bits per heavy atom. The number of nitrogens with two attached hydrogens (primary N) is 1. The molecular weight excluding hydrogens is 324 g/mol. The number of benzene rings is 2. The Hall–Kier alpha value is -2.04. The van der Waals surface area contributed by atoms with Crippen molar-refractivity contribution in [2.24, 2.45) is 5.73 Å². The van der Waals surface area contributed by atoms with Crippen molar-refractivity contribution in [3.05, 3.63) is 65.2 Å². The van der Waals surface area contributed by atoms with E-state index < -0.39 is 0 Å². The van der Waals surface area contributed by atoms with Gasteiger partial charge in [-0.05, 0) is 42.7 Å². The van der Waals surface area contributed by atoms with Gasteiger partial charge in [0.2, 0.25) is 5.91 Å². The van der Waals surface area contributed by atoms with E-state index in [0.29, 0.717) is 19.6 Å². The van der Waals surface area contributed by atoms with Gasteiger partial charge >= 0.3 is 0 Å². The summed E-state index contributed by atoms with van der Waals surface area (Å²) in [4.78, 5) is 11.8. The summed E-state index contributed by atoms with van der Waals surface area (Å²) in [6, 6.07) is 15.5. The van der Waals surface area contributed by atoms with E-state index in [1.807, 2.05) is 55.5 Å². The molecule has 4 nitrogen and oxygen atoms in total. The Labute approximate surface area is 149 Å². The maximum atomic E-state index is 11.8. The van der Waals surface area contributed by atoms with Crippen LogP contribution in [-0.2, 0) is 4.79 Å². The number of halogens is 1. The fourth-order valence-corrected chi connectivity index (χ4v) is 2.20. The summed E-state index contributed by atoms with van der Waals surface area (Å²) in [5, 5.41) is 2.84. The van der Waals surface area contributed by atoms with Crippen molar-refractivity contribution in [1.82, 2.24) is 5.32 Å². The number of hydrogen-bond donors (Lipinski definition) is 2. The van der Waals surface area contributed by atoms with Gasteiger partial charge in [-0.15, -0.1) is 12.4 Å². The van der Waals surface area contributed by atoms with E-state index in [2.05, 4.69) is 12.2 Å². The predicted molar refractivity (Wildman–Crippen MR) is 99.7 cm³/mol. The molecule has 0 heterocycles. The Bertz CT molecular complexity index is 647. The van der Waals surface area contributed by atoms with Crippen molar-refractivity contribution >= 4 is 18.3 Å². The summed E-state index contributed by atoms with van der Waals surface area (Å²) in [5.41, 5.74) is 9.47. The summed E-state index contributed by atoms with van der Waals surface area (Å²) in [6.07, 6.45) is 0.314. The van der Waals surface area contributed by atoms with E-state index in [9.17, 15) is 4.79 Å². The van der Waals surface area contributed by atoms with Gasteiger partial charge in [0.05, 0.1) is 13.0 Å². The van der Waals surface area contributed by atoms with Crippen molar-refractivity contribution in [2.75, 3.05) is 13.2 Å². The minimum atomic E-state index is -0.194. The monoisotopic (exact) mass is 348 g/mol. The van der Waals surface area contributed by atoms with Gasteiger partial charge < -0.3 is 15.8 Å². The molecule has 3 N–H and O–H groups in total. The lowest BCUT2D eigenvalue weighted by Gasteiger charge is -2.13. The predicted octanol–water partition coefficient (Wildman–Crippen LogP) is 3.31. The average Bonchev–Trinajstić information content (AvgIpc) is 2.56. The largest absolute Gasteiger partial charge is 0.493 e. The number of carbonyl (C=O) groups is 1. The molecule has 1 atom stereocenters. The zero-order valence-corrected chi connectivity index (χ0v) is 14.9. The van der Waals surface area contributed by atoms with E-state index in [0.717, 1.165) is 11.3 Å². The van der Waals surface area contributed by atoms with Crippen LogP contribution < -0.4 is 15.8 Å². The molecule has 0 aliphatic carbocycles. The van der Waals surface area contributed by atoms with Crippen LogP contribution in [0.5, 0.6) is 5.75 Å². The maximum absolute atomic E-state index is 11.8. The maximum Gasteiger partial charge on any atom is 0.223 e. The lowest BCUT2D eigenvalue weighted by molar-refractivity contribution is -0.121. The van der Waals surface area contributed by atoms with Gasteiger partial charge in [0, 0.05) is 12.6 Å². The number of nitrogens with one attached hydrogen (secondary N) is 1. The summed E-state index contributed by atoms with van der Waals surface area (Å²) in [6.45, 7) is 4.88. The second kappa shape index (κ2) is 9.96. The molecule has 2 aromatic carbocycles. The number of carbonyl (C=O) groups excluding carboxylic acids is 1. The standard InChI is InChI=1S/C19H24N2O2.ClH/c1-14-8-9-17(12-15(14)2)23-11-10-19(22)21-13-18(20)16-6-4-3-5-7-16;/h3-9,12,18H,10-11,13,20H2,1-2H3,(H,21,22);1H. The Balaban J connectivity index is 0.00000288. The zero-order chi connectivity index (χ0) is 16.7. The van der Waals surface area contributed by atoms with Crippen LogP contribution in [-0.4, -0.2) is 19.1 Å². The van der Waals surface area contributed by atoms with Crippen LogP contribution in [0.1, 0.15) is 29.2 Å². The molecule has 0 radical (unpaired) electrons. The third-order valence-electron chi connectivity index (χ3n) is 3.82. The van der Waals surface area contributed by atoms with E-state index in [-0.39, 0.29) is 24.4 Å². The fraction of sp³-hybridized carbons (Fsp3) is 0.316. The van der Waals surface area contributed by atoms with Gasteiger partial charge in [0.1, 0.15) is 5.75 Å². The second-order valence-corrected chi connectivity index (χ2v) is 5.67. The summed E-state index contributed by atoms with van der Waals surface area (Å²) >= 11 is 0. The third kappa shape index (κ3) is 6.22. The lowest BCUT2D eigenvalue weighted by Crippen LogP contribution is -2.32. The highest BCUT2D eigenvalue weighted by molar-refractivity contribution is 5.85. The van der Waals surface area contributed by atoms with Crippen molar-refractivity contribution in [3.63, 3.8) is 0 Å². The van der Waals surface area contributed by atoms with Crippen molar-refractivity contribution < 1.29 is 9.53 Å². The molecule has 0 aliphatic rings. The van der Waals surface area contributed by atoms with Gasteiger partial charge in [0.15, 0.2) is 0 Å². The van der Waals surface area contributed by atoms with Gasteiger partial charge in [-0.3, -0.25) is 4.79 Å². The molecule has 2 rings (SSSR count). The van der Waals surface area contributed by atoms with Crippen LogP contribution in [0.15, 0.2) is 48.5 Å². The normalized spacial score (nSPS) is 11.3. The molecule has 0 saturated carbocycles. The molecule has 0 aliphatic heterocycles. The molecule has 130 valence electrons. The van der Waals surface area contributed by atoms with Crippen LogP contribution >= 0.6 is 12.4 Å². The second-order valence-electron chi connectivity index (χ2n) is 5.67. The molecule has 5 heteroatoms. The smallest absolute Gasteiger partial charge is 0.223 e. The first kappa shape index (κ1) is 20.0. The average molecular weight is 349 g/mol. The first-order valence-electron chi connectivity index (χ1n) is 7.83. The summed E-state index contributed by atoms with van der Waals surface area (Å²) < 4.78 is 5.61. The minimum Gasteiger partial charge on any atom is -0.493 e. The van der Waals surface area contributed by atoms with Gasteiger partial charge in [-0.1, -0.05) is 36.4 Å². The molecule has 0 spiro atoms. The van der Waals surface area contributed by atoms with Crippen molar-refractivity contribution in [2.45, 2.75) is 26.3 Å². The molecular formula is C19H25ClN2O2. The van der Waals surface area contributed by atoms with E-state index in [4.69, 9.17) is 10.5 Å². The molecule has 1 unspecified atom stereocenters. The Kier molecular flexibility index (Phi) is 8.30. The van der Waals surface area contributed by atoms with Crippen LogP contribution in [0.2, 0.25) is 0 Å². The first-order chi connectivity index (χ1) is 11.1. The van der Waals surface area contributed by atoms with Gasteiger partial charge in [-0.25, -0.2) is 0 Å². The third-order valence-corrected chi connectivity index (χ3v) is 3.82. The highest BCUT2D eigenvalue weighted by Gasteiger charge is 2.08. The highest BCUT2D eigenvalue weighted by Crippen LogP contribution is 2.16.